The molecule has 0 radical (unpaired) electrons. The summed E-state index contributed by atoms with van der Waals surface area (Å²) in [4.78, 5) is 31.4. The number of rotatable bonds is 5. The molecule has 6 heteroatoms. The average Bonchev–Trinajstić information content (AvgIpc) is 2.93. The van der Waals surface area contributed by atoms with Crippen LogP contribution in [0.3, 0.4) is 0 Å². The van der Waals surface area contributed by atoms with Gasteiger partial charge in [-0.1, -0.05) is 48.6 Å². The molecule has 0 saturated heterocycles. The van der Waals surface area contributed by atoms with Crippen LogP contribution in [0.15, 0.2) is 108 Å². The number of nitrogens with zero attached hydrogens (tertiary/aromatic N) is 5. The number of hydrogen-bond acceptors (Lipinski definition) is 5. The van der Waals surface area contributed by atoms with Gasteiger partial charge >= 0.3 is 0 Å². The third-order valence-electron chi connectivity index (χ3n) is 6.04. The highest BCUT2D eigenvalue weighted by atomic mass is 16.1. The Hall–Kier alpha value is -4.97. The molecule has 6 rings (SSSR count). The number of fused-ring (bicyclic) bond motifs is 2. The Morgan fingerprint density at radius 1 is 0.778 bits per heavy atom. The Morgan fingerprint density at radius 3 is 2.58 bits per heavy atom. The maximum absolute atomic E-state index is 13.6. The van der Waals surface area contributed by atoms with Crippen LogP contribution in [0.5, 0.6) is 0 Å². The summed E-state index contributed by atoms with van der Waals surface area (Å²) in [5, 5.41) is 1.09. The van der Waals surface area contributed by atoms with E-state index in [2.05, 4.69) is 32.1 Å². The first-order chi connectivity index (χ1) is 17.8. The van der Waals surface area contributed by atoms with E-state index in [4.69, 9.17) is 0 Å². The van der Waals surface area contributed by atoms with Gasteiger partial charge in [-0.3, -0.25) is 19.3 Å². The minimum absolute atomic E-state index is 0.189. The largest absolute Gasteiger partial charge is 0.278 e. The van der Waals surface area contributed by atoms with Crippen molar-refractivity contribution in [2.45, 2.75) is 6.42 Å². The molecule has 0 aliphatic heterocycles. The molecular weight excluding hydrogens is 446 g/mol. The molecule has 0 atom stereocenters. The first-order valence-electron chi connectivity index (χ1n) is 11.6. The zero-order chi connectivity index (χ0) is 24.3. The van der Waals surface area contributed by atoms with Gasteiger partial charge in [-0.15, -0.1) is 0 Å². The zero-order valence-corrected chi connectivity index (χ0v) is 19.3. The van der Waals surface area contributed by atoms with E-state index in [1.807, 2.05) is 85.1 Å². The van der Waals surface area contributed by atoms with Crippen LogP contribution in [0.2, 0.25) is 0 Å². The fourth-order valence-electron chi connectivity index (χ4n) is 4.33. The standard InChI is InChI=1S/C30H21N5O/c36-30-28(19-22-7-4-15-31-20-22)34-27-11-5-16-33-29(27)35(30)24-8-3-6-21(18-24)12-13-23-14-17-32-26-10-2-1-9-25(23)26/h1-18,20H,19H2. The second kappa shape index (κ2) is 9.35. The number of benzene rings is 2. The number of pyridine rings is 3. The molecule has 0 bridgehead atoms. The van der Waals surface area contributed by atoms with Crippen LogP contribution in [-0.4, -0.2) is 24.5 Å². The van der Waals surface area contributed by atoms with Crippen molar-refractivity contribution in [3.05, 3.63) is 136 Å². The maximum Gasteiger partial charge on any atom is 0.278 e. The van der Waals surface area contributed by atoms with E-state index in [0.717, 1.165) is 33.3 Å². The lowest BCUT2D eigenvalue weighted by Crippen LogP contribution is -2.25. The van der Waals surface area contributed by atoms with E-state index in [1.54, 1.807) is 23.2 Å². The summed E-state index contributed by atoms with van der Waals surface area (Å²) in [5.41, 5.74) is 6.12. The first-order valence-corrected chi connectivity index (χ1v) is 11.6. The molecule has 0 spiro atoms. The Balaban J connectivity index is 1.44. The third kappa shape index (κ3) is 4.16. The van der Waals surface area contributed by atoms with E-state index in [1.165, 1.54) is 0 Å². The van der Waals surface area contributed by atoms with Crippen LogP contribution in [0.1, 0.15) is 22.4 Å². The number of hydrogen-bond donors (Lipinski definition) is 0. The molecule has 36 heavy (non-hydrogen) atoms. The molecule has 0 amide bonds. The Labute approximate surface area is 207 Å². The topological polar surface area (TPSA) is 73.6 Å². The van der Waals surface area contributed by atoms with Gasteiger partial charge in [0.1, 0.15) is 11.2 Å². The van der Waals surface area contributed by atoms with Crippen molar-refractivity contribution >= 4 is 34.2 Å². The highest BCUT2D eigenvalue weighted by Gasteiger charge is 2.14. The quantitative estimate of drug-likeness (QED) is 0.335. The van der Waals surface area contributed by atoms with Crippen LogP contribution in [0.25, 0.3) is 39.9 Å². The Bertz CT molecular complexity index is 1790. The third-order valence-corrected chi connectivity index (χ3v) is 6.04. The molecule has 2 aromatic carbocycles. The van der Waals surface area contributed by atoms with Crippen LogP contribution >= 0.6 is 0 Å². The molecule has 4 aromatic heterocycles. The predicted molar refractivity (Wildman–Crippen MR) is 143 cm³/mol. The fraction of sp³-hybridized carbons (Fsp3) is 0.0333. The molecular formula is C30H21N5O. The SMILES string of the molecule is O=c1c(Cc2cccnc2)nc2cccnc2n1-c1cccc(C=Cc2ccnc3ccccc23)c1. The highest BCUT2D eigenvalue weighted by Crippen LogP contribution is 2.20. The van der Waals surface area contributed by atoms with Crippen molar-refractivity contribution in [1.29, 1.82) is 0 Å². The molecule has 6 aromatic rings. The van der Waals surface area contributed by atoms with Crippen LogP contribution in [0, 0.1) is 0 Å². The van der Waals surface area contributed by atoms with Crippen molar-refractivity contribution in [1.82, 2.24) is 24.5 Å². The molecule has 0 fully saturated rings. The van der Waals surface area contributed by atoms with Gasteiger partial charge in [-0.25, -0.2) is 9.97 Å². The molecule has 4 heterocycles. The van der Waals surface area contributed by atoms with Crippen LogP contribution in [-0.2, 0) is 6.42 Å². The van der Waals surface area contributed by atoms with Gasteiger partial charge in [-0.2, -0.15) is 0 Å². The van der Waals surface area contributed by atoms with Gasteiger partial charge in [0.25, 0.3) is 5.56 Å². The van der Waals surface area contributed by atoms with Gasteiger partial charge in [0, 0.05) is 36.6 Å². The molecule has 6 nitrogen and oxygen atoms in total. The lowest BCUT2D eigenvalue weighted by Gasteiger charge is -2.12. The van der Waals surface area contributed by atoms with E-state index < -0.39 is 0 Å². The summed E-state index contributed by atoms with van der Waals surface area (Å²) >= 11 is 0. The molecule has 0 saturated carbocycles. The summed E-state index contributed by atoms with van der Waals surface area (Å²) in [6.45, 7) is 0. The fourth-order valence-corrected chi connectivity index (χ4v) is 4.33. The minimum Gasteiger partial charge on any atom is -0.267 e. The second-order valence-corrected chi connectivity index (χ2v) is 8.43. The molecule has 0 aliphatic carbocycles. The highest BCUT2D eigenvalue weighted by molar-refractivity contribution is 5.90. The molecule has 0 aliphatic rings. The van der Waals surface area contributed by atoms with Gasteiger partial charge < -0.3 is 0 Å². The van der Waals surface area contributed by atoms with Gasteiger partial charge in [0.15, 0.2) is 5.65 Å². The van der Waals surface area contributed by atoms with Crippen molar-refractivity contribution in [3.8, 4) is 5.69 Å². The summed E-state index contributed by atoms with van der Waals surface area (Å²) in [6, 6.07) is 25.4. The van der Waals surface area contributed by atoms with Crippen molar-refractivity contribution in [2.75, 3.05) is 0 Å². The van der Waals surface area contributed by atoms with Crippen molar-refractivity contribution < 1.29 is 0 Å². The minimum atomic E-state index is -0.189. The second-order valence-electron chi connectivity index (χ2n) is 8.43. The zero-order valence-electron chi connectivity index (χ0n) is 19.3. The van der Waals surface area contributed by atoms with Crippen molar-refractivity contribution in [3.63, 3.8) is 0 Å². The molecule has 172 valence electrons. The lowest BCUT2D eigenvalue weighted by atomic mass is 10.1. The summed E-state index contributed by atoms with van der Waals surface area (Å²) in [5.74, 6) is 0. The van der Waals surface area contributed by atoms with Gasteiger partial charge in [-0.05, 0) is 59.2 Å². The van der Waals surface area contributed by atoms with Gasteiger partial charge in [0.2, 0.25) is 0 Å². The average molecular weight is 468 g/mol. The van der Waals surface area contributed by atoms with Crippen LogP contribution in [0.4, 0.5) is 0 Å². The predicted octanol–water partition coefficient (Wildman–Crippen LogP) is 5.49. The van der Waals surface area contributed by atoms with Gasteiger partial charge in [0.05, 0.1) is 11.2 Å². The normalized spacial score (nSPS) is 11.4. The Morgan fingerprint density at radius 2 is 1.67 bits per heavy atom. The van der Waals surface area contributed by atoms with Crippen LogP contribution < -0.4 is 5.56 Å². The smallest absolute Gasteiger partial charge is 0.267 e. The van der Waals surface area contributed by atoms with E-state index >= 15 is 0 Å². The first kappa shape index (κ1) is 21.6. The summed E-state index contributed by atoms with van der Waals surface area (Å²) < 4.78 is 1.65. The number of para-hydroxylation sites is 1. The summed E-state index contributed by atoms with van der Waals surface area (Å²) in [6.07, 6.45) is 11.5. The number of aromatic nitrogens is 5. The Kier molecular flexibility index (Phi) is 5.60. The lowest BCUT2D eigenvalue weighted by molar-refractivity contribution is 0.924. The molecule has 0 N–H and O–H groups in total. The molecule has 0 unspecified atom stereocenters. The maximum atomic E-state index is 13.6. The van der Waals surface area contributed by atoms with E-state index in [9.17, 15) is 4.79 Å². The summed E-state index contributed by atoms with van der Waals surface area (Å²) in [7, 11) is 0. The van der Waals surface area contributed by atoms with E-state index in [-0.39, 0.29) is 5.56 Å². The monoisotopic (exact) mass is 467 g/mol. The van der Waals surface area contributed by atoms with Crippen molar-refractivity contribution in [2.24, 2.45) is 0 Å². The van der Waals surface area contributed by atoms with E-state index in [0.29, 0.717) is 23.3 Å².